The molecular weight excluding hydrogens is 453 g/mol. The van der Waals surface area contributed by atoms with Crippen LogP contribution in [0.5, 0.6) is 11.5 Å². The molecule has 0 aliphatic carbocycles. The number of hydrogen-bond acceptors (Lipinski definition) is 4. The topological polar surface area (TPSA) is 64.6 Å². The minimum atomic E-state index is -3.83. The van der Waals surface area contributed by atoms with E-state index >= 15 is 0 Å². The van der Waals surface area contributed by atoms with Gasteiger partial charge in [-0.25, -0.2) is 13.1 Å². The predicted molar refractivity (Wildman–Crippen MR) is 102 cm³/mol. The van der Waals surface area contributed by atoms with E-state index in [1.165, 1.54) is 26.4 Å². The molecule has 1 N–H and O–H groups in total. The third-order valence-corrected chi connectivity index (χ3v) is 6.74. The van der Waals surface area contributed by atoms with Gasteiger partial charge in [-0.3, -0.25) is 0 Å². The standard InChI is InChI=1S/C16H16BrCl2NO4S/c1-9(10-4-5-12(18)13(19)6-10)20-25(21,22)16-8-15(24-3)14(23-2)7-11(16)17/h4-9,20H,1-3H3. The molecule has 0 aromatic heterocycles. The van der Waals surface area contributed by atoms with Crippen molar-refractivity contribution in [3.05, 3.63) is 50.4 Å². The molecule has 0 amide bonds. The molecule has 1 atom stereocenters. The Balaban J connectivity index is 2.37. The zero-order valence-electron chi connectivity index (χ0n) is 13.6. The Morgan fingerprint density at radius 3 is 2.20 bits per heavy atom. The Morgan fingerprint density at radius 1 is 1.04 bits per heavy atom. The summed E-state index contributed by atoms with van der Waals surface area (Å²) in [5.74, 6) is 0.735. The van der Waals surface area contributed by atoms with Crippen molar-refractivity contribution < 1.29 is 17.9 Å². The molecule has 2 aromatic carbocycles. The van der Waals surface area contributed by atoms with Crippen LogP contribution in [0.15, 0.2) is 39.7 Å². The molecule has 2 aromatic rings. The maximum atomic E-state index is 12.8. The highest BCUT2D eigenvalue weighted by Crippen LogP contribution is 2.36. The number of halogens is 3. The number of nitrogens with one attached hydrogen (secondary N) is 1. The summed E-state index contributed by atoms with van der Waals surface area (Å²) in [6, 6.07) is 7.38. The fourth-order valence-corrected chi connectivity index (χ4v) is 4.76. The highest BCUT2D eigenvalue weighted by molar-refractivity contribution is 9.10. The first-order chi connectivity index (χ1) is 11.7. The van der Waals surface area contributed by atoms with Crippen molar-refractivity contribution in [1.82, 2.24) is 4.72 Å². The summed E-state index contributed by atoms with van der Waals surface area (Å²) in [5.41, 5.74) is 0.689. The summed E-state index contributed by atoms with van der Waals surface area (Å²) in [6.07, 6.45) is 0. The van der Waals surface area contributed by atoms with Gasteiger partial charge in [-0.05, 0) is 46.6 Å². The Kier molecular flexibility index (Phi) is 6.62. The van der Waals surface area contributed by atoms with E-state index in [2.05, 4.69) is 20.7 Å². The number of ether oxygens (including phenoxy) is 2. The Hall–Kier alpha value is -0.990. The van der Waals surface area contributed by atoms with Crippen molar-refractivity contribution in [3.63, 3.8) is 0 Å². The molecule has 0 saturated carbocycles. The average molecular weight is 469 g/mol. The van der Waals surface area contributed by atoms with Gasteiger partial charge < -0.3 is 9.47 Å². The number of benzene rings is 2. The maximum Gasteiger partial charge on any atom is 0.242 e. The molecule has 0 aliphatic heterocycles. The van der Waals surface area contributed by atoms with Crippen molar-refractivity contribution in [2.75, 3.05) is 14.2 Å². The second kappa shape index (κ2) is 8.14. The SMILES string of the molecule is COc1cc(Br)c(S(=O)(=O)NC(C)c2ccc(Cl)c(Cl)c2)cc1OC. The van der Waals surface area contributed by atoms with E-state index in [9.17, 15) is 8.42 Å². The van der Waals surface area contributed by atoms with Crippen LogP contribution in [0, 0.1) is 0 Å². The predicted octanol–water partition coefficient (Wildman–Crippen LogP) is 4.81. The van der Waals surface area contributed by atoms with Crippen molar-refractivity contribution >= 4 is 49.2 Å². The Morgan fingerprint density at radius 2 is 1.64 bits per heavy atom. The summed E-state index contributed by atoms with van der Waals surface area (Å²) in [7, 11) is -0.914. The van der Waals surface area contributed by atoms with E-state index in [0.717, 1.165) is 0 Å². The van der Waals surface area contributed by atoms with Crippen molar-refractivity contribution in [2.45, 2.75) is 17.9 Å². The lowest BCUT2D eigenvalue weighted by Gasteiger charge is -2.17. The quantitative estimate of drug-likeness (QED) is 0.660. The van der Waals surface area contributed by atoms with E-state index in [0.29, 0.717) is 31.6 Å². The van der Waals surface area contributed by atoms with Gasteiger partial charge in [-0.1, -0.05) is 29.3 Å². The Bertz CT molecular complexity index is 890. The molecular formula is C16H16BrCl2NO4S. The third-order valence-electron chi connectivity index (χ3n) is 3.50. The molecule has 9 heteroatoms. The summed E-state index contributed by atoms with van der Waals surface area (Å²) in [4.78, 5) is 0.0389. The van der Waals surface area contributed by atoms with Crippen molar-refractivity contribution in [1.29, 1.82) is 0 Å². The molecule has 5 nitrogen and oxygen atoms in total. The summed E-state index contributed by atoms with van der Waals surface area (Å²) >= 11 is 15.2. The lowest BCUT2D eigenvalue weighted by molar-refractivity contribution is 0.353. The Labute approximate surface area is 165 Å². The number of rotatable bonds is 6. The van der Waals surface area contributed by atoms with Crippen molar-refractivity contribution in [2.24, 2.45) is 0 Å². The van der Waals surface area contributed by atoms with Gasteiger partial charge in [-0.15, -0.1) is 0 Å². The van der Waals surface area contributed by atoms with Crippen LogP contribution in [0.3, 0.4) is 0 Å². The largest absolute Gasteiger partial charge is 0.493 e. The molecule has 0 heterocycles. The molecule has 0 radical (unpaired) electrons. The molecule has 0 spiro atoms. The lowest BCUT2D eigenvalue weighted by atomic mass is 10.1. The van der Waals surface area contributed by atoms with E-state index < -0.39 is 16.1 Å². The smallest absolute Gasteiger partial charge is 0.242 e. The van der Waals surface area contributed by atoms with Crippen LogP contribution in [-0.2, 0) is 10.0 Å². The first-order valence-corrected chi connectivity index (χ1v) is 10.1. The van der Waals surface area contributed by atoms with Crippen LogP contribution >= 0.6 is 39.1 Å². The van der Waals surface area contributed by atoms with Crippen LogP contribution in [0.4, 0.5) is 0 Å². The van der Waals surface area contributed by atoms with Gasteiger partial charge in [0.2, 0.25) is 10.0 Å². The second-order valence-corrected chi connectivity index (χ2v) is 8.51. The number of hydrogen-bond donors (Lipinski definition) is 1. The van der Waals surface area contributed by atoms with Crippen LogP contribution in [0.1, 0.15) is 18.5 Å². The minimum Gasteiger partial charge on any atom is -0.493 e. The van der Waals surface area contributed by atoms with E-state index in [4.69, 9.17) is 32.7 Å². The molecule has 136 valence electrons. The van der Waals surface area contributed by atoms with Gasteiger partial charge >= 0.3 is 0 Å². The van der Waals surface area contributed by atoms with E-state index in [1.807, 2.05) is 0 Å². The first-order valence-electron chi connectivity index (χ1n) is 7.08. The maximum absolute atomic E-state index is 12.8. The number of sulfonamides is 1. The lowest BCUT2D eigenvalue weighted by Crippen LogP contribution is -2.27. The minimum absolute atomic E-state index is 0.0389. The second-order valence-electron chi connectivity index (χ2n) is 5.15. The zero-order chi connectivity index (χ0) is 18.8. The molecule has 25 heavy (non-hydrogen) atoms. The molecule has 0 saturated heterocycles. The fraction of sp³-hybridized carbons (Fsp3) is 0.250. The van der Waals surface area contributed by atoms with Crippen molar-refractivity contribution in [3.8, 4) is 11.5 Å². The zero-order valence-corrected chi connectivity index (χ0v) is 17.6. The monoisotopic (exact) mass is 467 g/mol. The molecule has 0 aliphatic rings. The van der Waals surface area contributed by atoms with Gasteiger partial charge in [0, 0.05) is 16.6 Å². The number of methoxy groups -OCH3 is 2. The van der Waals surface area contributed by atoms with E-state index in [1.54, 1.807) is 25.1 Å². The summed E-state index contributed by atoms with van der Waals surface area (Å²) in [5, 5.41) is 0.764. The molecule has 0 fully saturated rings. The highest BCUT2D eigenvalue weighted by Gasteiger charge is 2.24. The molecule has 0 bridgehead atoms. The normalized spacial score (nSPS) is 12.7. The van der Waals surface area contributed by atoms with Gasteiger partial charge in [0.25, 0.3) is 0 Å². The van der Waals surface area contributed by atoms with E-state index in [-0.39, 0.29) is 4.90 Å². The first kappa shape index (κ1) is 20.3. The van der Waals surface area contributed by atoms with Crippen LogP contribution in [-0.4, -0.2) is 22.6 Å². The average Bonchev–Trinajstić information content (AvgIpc) is 2.56. The summed E-state index contributed by atoms with van der Waals surface area (Å²) < 4.78 is 38.8. The third kappa shape index (κ3) is 4.60. The van der Waals surface area contributed by atoms with Gasteiger partial charge in [0.15, 0.2) is 11.5 Å². The van der Waals surface area contributed by atoms with Gasteiger partial charge in [-0.2, -0.15) is 0 Å². The van der Waals surface area contributed by atoms with Crippen LogP contribution < -0.4 is 14.2 Å². The van der Waals surface area contributed by atoms with Gasteiger partial charge in [0.1, 0.15) is 4.90 Å². The van der Waals surface area contributed by atoms with Crippen LogP contribution in [0.2, 0.25) is 10.0 Å². The van der Waals surface area contributed by atoms with Crippen LogP contribution in [0.25, 0.3) is 0 Å². The molecule has 2 rings (SSSR count). The molecule has 1 unspecified atom stereocenters. The summed E-state index contributed by atoms with van der Waals surface area (Å²) in [6.45, 7) is 1.71. The van der Waals surface area contributed by atoms with Gasteiger partial charge in [0.05, 0.1) is 24.3 Å². The fourth-order valence-electron chi connectivity index (χ4n) is 2.19. The highest BCUT2D eigenvalue weighted by atomic mass is 79.9.